The fourth-order valence-corrected chi connectivity index (χ4v) is 8.09. The van der Waals surface area contributed by atoms with Crippen molar-refractivity contribution in [1.29, 1.82) is 0 Å². The third kappa shape index (κ3) is 6.95. The van der Waals surface area contributed by atoms with E-state index in [0.29, 0.717) is 32.0 Å². The van der Waals surface area contributed by atoms with Crippen LogP contribution in [0, 0.1) is 5.92 Å². The van der Waals surface area contributed by atoms with Crippen molar-refractivity contribution in [2.45, 2.75) is 81.6 Å². The Bertz CT molecular complexity index is 1640. The third-order valence-corrected chi connectivity index (χ3v) is 11.9. The van der Waals surface area contributed by atoms with Gasteiger partial charge in [0.2, 0.25) is 15.3 Å². The van der Waals surface area contributed by atoms with Crippen molar-refractivity contribution < 1.29 is 17.5 Å². The predicted molar refractivity (Wildman–Crippen MR) is 172 cm³/mol. The normalized spacial score (nSPS) is 18.3. The van der Waals surface area contributed by atoms with Crippen LogP contribution in [0.15, 0.2) is 72.3 Å². The van der Waals surface area contributed by atoms with Crippen LogP contribution in [0.1, 0.15) is 33.2 Å². The molecule has 3 atom stereocenters. The molecule has 8 nitrogen and oxygen atoms in total. The van der Waals surface area contributed by atoms with E-state index in [2.05, 4.69) is 55.3 Å². The van der Waals surface area contributed by atoms with Crippen LogP contribution in [0.5, 0.6) is 0 Å². The van der Waals surface area contributed by atoms with E-state index in [0.717, 1.165) is 29.2 Å². The first-order valence-electron chi connectivity index (χ1n) is 15.0. The molecule has 232 valence electrons. The molecular formula is C32H44FN5O3SSi. The summed E-state index contributed by atoms with van der Waals surface area (Å²) in [6.07, 6.45) is 7.80. The molecule has 0 bridgehead atoms. The summed E-state index contributed by atoms with van der Waals surface area (Å²) in [6.45, 7) is 15.9. The van der Waals surface area contributed by atoms with Crippen molar-refractivity contribution in [3.05, 3.63) is 67.4 Å². The number of ether oxygens (including phenoxy) is 1. The van der Waals surface area contributed by atoms with Gasteiger partial charge in [0.1, 0.15) is 18.7 Å². The molecule has 11 heteroatoms. The van der Waals surface area contributed by atoms with E-state index >= 15 is 4.39 Å². The standard InChI is InChI=1S/C32H44FN5O3SSi/c1-32(2,3)38-17-13-25(21-38)29(30(33)42(39,40)26-10-8-7-9-11-26)36-15-12-24(20-36)28-27-14-16-37(31(27)35-22-34-28)23-41-18-19-43(4,5)6/h7-12,14-16,20,22,25,29-30H,13,17-19,21,23H2,1-6H3. The summed E-state index contributed by atoms with van der Waals surface area (Å²) >= 11 is 0. The zero-order valence-corrected chi connectivity index (χ0v) is 27.9. The molecule has 1 aromatic carbocycles. The lowest BCUT2D eigenvalue weighted by Gasteiger charge is -2.33. The molecule has 3 aromatic heterocycles. The van der Waals surface area contributed by atoms with Crippen LogP contribution in [0.25, 0.3) is 22.3 Å². The van der Waals surface area contributed by atoms with Gasteiger partial charge in [0.05, 0.1) is 16.6 Å². The molecule has 5 rings (SSSR count). The highest BCUT2D eigenvalue weighted by molar-refractivity contribution is 7.92. The summed E-state index contributed by atoms with van der Waals surface area (Å²) in [5.41, 5.74) is 0.0506. The molecule has 0 amide bonds. The molecule has 4 aromatic rings. The molecule has 0 spiro atoms. The summed E-state index contributed by atoms with van der Waals surface area (Å²) in [4.78, 5) is 11.4. The van der Waals surface area contributed by atoms with Crippen molar-refractivity contribution in [3.63, 3.8) is 0 Å². The Morgan fingerprint density at radius 3 is 2.49 bits per heavy atom. The fourth-order valence-electron chi connectivity index (χ4n) is 5.81. The quantitative estimate of drug-likeness (QED) is 0.137. The second kappa shape index (κ2) is 12.3. The van der Waals surface area contributed by atoms with E-state index in [1.807, 2.05) is 29.1 Å². The monoisotopic (exact) mass is 625 g/mol. The first-order valence-corrected chi connectivity index (χ1v) is 20.2. The van der Waals surface area contributed by atoms with E-state index in [9.17, 15) is 8.42 Å². The van der Waals surface area contributed by atoms with Crippen LogP contribution in [0.4, 0.5) is 4.39 Å². The van der Waals surface area contributed by atoms with Crippen LogP contribution in [-0.2, 0) is 21.3 Å². The molecule has 0 saturated carbocycles. The number of benzene rings is 1. The van der Waals surface area contributed by atoms with Gasteiger partial charge in [0.25, 0.3) is 0 Å². The number of rotatable bonds is 11. The number of fused-ring (bicyclic) bond motifs is 1. The molecule has 4 heterocycles. The summed E-state index contributed by atoms with van der Waals surface area (Å²) in [5, 5.41) is 0.860. The number of likely N-dealkylation sites (tertiary alicyclic amines) is 1. The molecule has 0 aliphatic carbocycles. The van der Waals surface area contributed by atoms with Gasteiger partial charge in [-0.05, 0) is 70.0 Å². The van der Waals surface area contributed by atoms with E-state index in [4.69, 9.17) is 4.74 Å². The lowest BCUT2D eigenvalue weighted by Crippen LogP contribution is -2.41. The largest absolute Gasteiger partial charge is 0.361 e. The van der Waals surface area contributed by atoms with Gasteiger partial charge in [0, 0.05) is 56.3 Å². The summed E-state index contributed by atoms with van der Waals surface area (Å²) in [7, 11) is -5.42. The average molecular weight is 626 g/mol. The number of alkyl halides is 1. The first-order chi connectivity index (χ1) is 20.3. The molecule has 1 aliphatic heterocycles. The maximum Gasteiger partial charge on any atom is 0.226 e. The van der Waals surface area contributed by atoms with Crippen molar-refractivity contribution in [3.8, 4) is 11.3 Å². The number of halogens is 1. The van der Waals surface area contributed by atoms with E-state index < -0.39 is 29.5 Å². The van der Waals surface area contributed by atoms with Crippen molar-refractivity contribution in [2.24, 2.45) is 5.92 Å². The molecule has 1 aliphatic rings. The van der Waals surface area contributed by atoms with E-state index in [1.54, 1.807) is 29.0 Å². The number of nitrogens with zero attached hydrogens (tertiary/aromatic N) is 5. The first kappa shape index (κ1) is 31.6. The maximum atomic E-state index is 16.5. The van der Waals surface area contributed by atoms with Gasteiger partial charge in [-0.15, -0.1) is 0 Å². The molecule has 0 N–H and O–H groups in total. The Kier molecular flexibility index (Phi) is 9.00. The Labute approximate surface area is 255 Å². The number of hydrogen-bond donors (Lipinski definition) is 0. The van der Waals surface area contributed by atoms with Gasteiger partial charge in [0.15, 0.2) is 0 Å². The van der Waals surface area contributed by atoms with Crippen LogP contribution in [0.2, 0.25) is 25.7 Å². The minimum absolute atomic E-state index is 0.00327. The van der Waals surface area contributed by atoms with Crippen molar-refractivity contribution >= 4 is 28.9 Å². The minimum atomic E-state index is -4.23. The summed E-state index contributed by atoms with van der Waals surface area (Å²) in [5.74, 6) is -0.187. The van der Waals surface area contributed by atoms with Gasteiger partial charge >= 0.3 is 0 Å². The zero-order valence-electron chi connectivity index (χ0n) is 26.1. The van der Waals surface area contributed by atoms with Gasteiger partial charge in [-0.25, -0.2) is 22.8 Å². The molecule has 1 fully saturated rings. The lowest BCUT2D eigenvalue weighted by atomic mass is 9.99. The van der Waals surface area contributed by atoms with Crippen LogP contribution >= 0.6 is 0 Å². The zero-order chi connectivity index (χ0) is 31.0. The number of sulfone groups is 1. The topological polar surface area (TPSA) is 82.3 Å². The van der Waals surface area contributed by atoms with Crippen molar-refractivity contribution in [2.75, 3.05) is 19.7 Å². The third-order valence-electron chi connectivity index (χ3n) is 8.41. The highest BCUT2D eigenvalue weighted by Gasteiger charge is 2.44. The number of aromatic nitrogens is 4. The van der Waals surface area contributed by atoms with E-state index in [-0.39, 0.29) is 16.4 Å². The van der Waals surface area contributed by atoms with Crippen LogP contribution < -0.4 is 0 Å². The Hall–Kier alpha value is -2.86. The van der Waals surface area contributed by atoms with Gasteiger partial charge in [-0.3, -0.25) is 4.90 Å². The molecule has 1 saturated heterocycles. The number of hydrogen-bond acceptors (Lipinski definition) is 6. The second-order valence-corrected chi connectivity index (χ2v) is 21.4. The van der Waals surface area contributed by atoms with Crippen LogP contribution in [-0.4, -0.2) is 71.2 Å². The highest BCUT2D eigenvalue weighted by atomic mass is 32.2. The molecule has 43 heavy (non-hydrogen) atoms. The smallest absolute Gasteiger partial charge is 0.226 e. The Morgan fingerprint density at radius 1 is 1.07 bits per heavy atom. The maximum absolute atomic E-state index is 16.5. The molecule has 3 unspecified atom stereocenters. The fraction of sp³-hybridized carbons (Fsp3) is 0.500. The minimum Gasteiger partial charge on any atom is -0.361 e. The van der Waals surface area contributed by atoms with Crippen LogP contribution in [0.3, 0.4) is 0 Å². The van der Waals surface area contributed by atoms with Crippen molar-refractivity contribution in [1.82, 2.24) is 24.0 Å². The van der Waals surface area contributed by atoms with Gasteiger partial charge < -0.3 is 13.9 Å². The molecule has 0 radical (unpaired) electrons. The van der Waals surface area contributed by atoms with E-state index in [1.165, 1.54) is 18.5 Å². The lowest BCUT2D eigenvalue weighted by molar-refractivity contribution is 0.0899. The molecular weight excluding hydrogens is 582 g/mol. The predicted octanol–water partition coefficient (Wildman–Crippen LogP) is 6.64. The Morgan fingerprint density at radius 2 is 1.81 bits per heavy atom. The Balaban J connectivity index is 1.46. The second-order valence-electron chi connectivity index (χ2n) is 13.8. The summed E-state index contributed by atoms with van der Waals surface area (Å²) < 4.78 is 53.3. The van der Waals surface area contributed by atoms with Gasteiger partial charge in [-0.1, -0.05) is 37.8 Å². The average Bonchev–Trinajstić information content (AvgIpc) is 3.72. The highest BCUT2D eigenvalue weighted by Crippen LogP contribution is 2.39. The SMILES string of the molecule is CC(C)(C)N1CCC(C(C(F)S(=O)(=O)c2ccccc2)n2ccc(-c3ncnc4c3ccn4COCC[Si](C)(C)C)c2)C1. The summed E-state index contributed by atoms with van der Waals surface area (Å²) in [6, 6.07) is 12.0. The van der Waals surface area contributed by atoms with Gasteiger partial charge in [-0.2, -0.15) is 0 Å².